The summed E-state index contributed by atoms with van der Waals surface area (Å²) in [7, 11) is 0. The summed E-state index contributed by atoms with van der Waals surface area (Å²) in [4.78, 5) is 12.7. The summed E-state index contributed by atoms with van der Waals surface area (Å²) in [6.45, 7) is 2.05. The molecule has 1 aromatic rings. The molecule has 1 saturated carbocycles. The van der Waals surface area contributed by atoms with E-state index in [0.29, 0.717) is 5.92 Å². The molecule has 4 heteroatoms. The van der Waals surface area contributed by atoms with E-state index < -0.39 is 6.04 Å². The first-order chi connectivity index (χ1) is 7.18. The Hall–Kier alpha value is -0.870. The van der Waals surface area contributed by atoms with Gasteiger partial charge in [0.05, 0.1) is 0 Å². The van der Waals surface area contributed by atoms with E-state index in [-0.39, 0.29) is 11.9 Å². The Morgan fingerprint density at radius 1 is 1.67 bits per heavy atom. The Balaban J connectivity index is 1.89. The molecule has 1 heterocycles. The van der Waals surface area contributed by atoms with Crippen molar-refractivity contribution in [2.45, 2.75) is 31.8 Å². The molecule has 1 aliphatic carbocycles. The third-order valence-corrected chi connectivity index (χ3v) is 3.79. The van der Waals surface area contributed by atoms with Gasteiger partial charge in [0, 0.05) is 10.9 Å². The molecule has 82 valence electrons. The summed E-state index contributed by atoms with van der Waals surface area (Å²) in [5, 5.41) is 4.91. The number of hydrogen-bond donors (Lipinski definition) is 2. The largest absolute Gasteiger partial charge is 0.352 e. The predicted molar refractivity (Wildman–Crippen MR) is 61.6 cm³/mol. The molecule has 1 amide bonds. The van der Waals surface area contributed by atoms with Gasteiger partial charge in [-0.3, -0.25) is 4.79 Å². The van der Waals surface area contributed by atoms with Gasteiger partial charge in [-0.15, -0.1) is 11.3 Å². The first-order valence-corrected chi connectivity index (χ1v) is 6.16. The van der Waals surface area contributed by atoms with Crippen LogP contribution in [0.2, 0.25) is 0 Å². The van der Waals surface area contributed by atoms with Gasteiger partial charge in [0.2, 0.25) is 5.91 Å². The highest BCUT2D eigenvalue weighted by Crippen LogP contribution is 2.32. The fourth-order valence-corrected chi connectivity index (χ4v) is 2.35. The Morgan fingerprint density at radius 3 is 2.93 bits per heavy atom. The van der Waals surface area contributed by atoms with E-state index in [1.165, 1.54) is 24.2 Å². The van der Waals surface area contributed by atoms with Crippen molar-refractivity contribution in [2.75, 3.05) is 0 Å². The minimum atomic E-state index is -0.508. The molecule has 1 aliphatic rings. The van der Waals surface area contributed by atoms with Crippen LogP contribution < -0.4 is 11.1 Å². The van der Waals surface area contributed by atoms with Gasteiger partial charge in [-0.25, -0.2) is 0 Å². The molecule has 0 radical (unpaired) electrons. The summed E-state index contributed by atoms with van der Waals surface area (Å²) < 4.78 is 0. The summed E-state index contributed by atoms with van der Waals surface area (Å²) >= 11 is 1.52. The second-order valence-electron chi connectivity index (χ2n) is 4.13. The van der Waals surface area contributed by atoms with Crippen LogP contribution in [0.25, 0.3) is 0 Å². The molecule has 2 atom stereocenters. The van der Waals surface area contributed by atoms with Gasteiger partial charge >= 0.3 is 0 Å². The van der Waals surface area contributed by atoms with E-state index in [2.05, 4.69) is 12.2 Å². The molecule has 2 unspecified atom stereocenters. The maximum absolute atomic E-state index is 11.8. The number of nitrogens with two attached hydrogens (primary N) is 1. The maximum Gasteiger partial charge on any atom is 0.242 e. The molecule has 0 aliphatic heterocycles. The van der Waals surface area contributed by atoms with Gasteiger partial charge in [-0.2, -0.15) is 0 Å². The third-order valence-electron chi connectivity index (χ3n) is 2.83. The van der Waals surface area contributed by atoms with Crippen LogP contribution >= 0.6 is 11.3 Å². The molecule has 0 spiro atoms. The van der Waals surface area contributed by atoms with Crippen molar-refractivity contribution < 1.29 is 4.79 Å². The van der Waals surface area contributed by atoms with Gasteiger partial charge < -0.3 is 11.1 Å². The Kier molecular flexibility index (Phi) is 3.07. The van der Waals surface area contributed by atoms with Crippen LogP contribution in [0.15, 0.2) is 17.5 Å². The van der Waals surface area contributed by atoms with E-state index in [1.54, 1.807) is 0 Å². The van der Waals surface area contributed by atoms with E-state index in [4.69, 9.17) is 5.73 Å². The van der Waals surface area contributed by atoms with Crippen molar-refractivity contribution in [1.82, 2.24) is 5.32 Å². The van der Waals surface area contributed by atoms with Gasteiger partial charge in [0.25, 0.3) is 0 Å². The first kappa shape index (κ1) is 10.6. The molecular weight excluding hydrogens is 208 g/mol. The van der Waals surface area contributed by atoms with E-state index >= 15 is 0 Å². The highest BCUT2D eigenvalue weighted by atomic mass is 32.1. The fraction of sp³-hybridized carbons (Fsp3) is 0.545. The van der Waals surface area contributed by atoms with Crippen LogP contribution in [0, 0.1) is 5.92 Å². The topological polar surface area (TPSA) is 55.1 Å². The molecule has 3 N–H and O–H groups in total. The van der Waals surface area contributed by atoms with Crippen LogP contribution in [0.1, 0.15) is 30.7 Å². The number of carbonyl (C=O) groups excluding carboxylic acids is 1. The summed E-state index contributed by atoms with van der Waals surface area (Å²) in [6, 6.07) is 3.57. The third kappa shape index (κ3) is 2.58. The second kappa shape index (κ2) is 4.33. The van der Waals surface area contributed by atoms with Crippen molar-refractivity contribution >= 4 is 17.2 Å². The van der Waals surface area contributed by atoms with Crippen LogP contribution in [0.4, 0.5) is 0 Å². The smallest absolute Gasteiger partial charge is 0.242 e. The molecule has 1 aromatic heterocycles. The molecule has 0 saturated heterocycles. The quantitative estimate of drug-likeness (QED) is 0.817. The summed E-state index contributed by atoms with van der Waals surface area (Å²) in [5.41, 5.74) is 5.85. The average molecular weight is 224 g/mol. The lowest BCUT2D eigenvalue weighted by Gasteiger charge is -2.16. The number of carbonyl (C=O) groups is 1. The number of rotatable bonds is 4. The standard InChI is InChI=1S/C11H16N2OS/c1-7(8-4-5-8)13-11(14)10(12)9-3-2-6-15-9/h2-3,6-8,10H,4-5,12H2,1H3,(H,13,14). The summed E-state index contributed by atoms with van der Waals surface area (Å²) in [5.74, 6) is 0.612. The highest BCUT2D eigenvalue weighted by Gasteiger charge is 2.30. The van der Waals surface area contributed by atoms with Gasteiger partial charge in [0.1, 0.15) is 6.04 Å². The molecule has 3 nitrogen and oxygen atoms in total. The monoisotopic (exact) mass is 224 g/mol. The SMILES string of the molecule is CC(NC(=O)C(N)c1cccs1)C1CC1. The van der Waals surface area contributed by atoms with Crippen molar-refractivity contribution in [2.24, 2.45) is 11.7 Å². The lowest BCUT2D eigenvalue weighted by molar-refractivity contribution is -0.123. The Labute approximate surface area is 93.7 Å². The number of hydrogen-bond acceptors (Lipinski definition) is 3. The van der Waals surface area contributed by atoms with Crippen molar-refractivity contribution in [1.29, 1.82) is 0 Å². The number of nitrogens with one attached hydrogen (secondary N) is 1. The lowest BCUT2D eigenvalue weighted by Crippen LogP contribution is -2.40. The highest BCUT2D eigenvalue weighted by molar-refractivity contribution is 7.10. The molecule has 2 rings (SSSR count). The normalized spacial score (nSPS) is 19.6. The van der Waals surface area contributed by atoms with E-state index in [0.717, 1.165) is 4.88 Å². The van der Waals surface area contributed by atoms with Crippen LogP contribution in [0.3, 0.4) is 0 Å². The first-order valence-electron chi connectivity index (χ1n) is 5.28. The Morgan fingerprint density at radius 2 is 2.40 bits per heavy atom. The van der Waals surface area contributed by atoms with Crippen LogP contribution in [0.5, 0.6) is 0 Å². The van der Waals surface area contributed by atoms with Crippen LogP contribution in [-0.4, -0.2) is 11.9 Å². The van der Waals surface area contributed by atoms with E-state index in [1.807, 2.05) is 17.5 Å². The number of thiophene rings is 1. The van der Waals surface area contributed by atoms with Gasteiger partial charge in [-0.1, -0.05) is 6.07 Å². The number of amides is 1. The summed E-state index contributed by atoms with van der Waals surface area (Å²) in [6.07, 6.45) is 2.46. The zero-order valence-electron chi connectivity index (χ0n) is 8.77. The van der Waals surface area contributed by atoms with Crippen molar-refractivity contribution in [3.63, 3.8) is 0 Å². The van der Waals surface area contributed by atoms with Gasteiger partial charge in [0.15, 0.2) is 0 Å². The zero-order chi connectivity index (χ0) is 10.8. The minimum absolute atomic E-state index is 0.0585. The molecule has 15 heavy (non-hydrogen) atoms. The fourth-order valence-electron chi connectivity index (χ4n) is 1.63. The average Bonchev–Trinajstić information content (AvgIpc) is 2.93. The molecule has 0 bridgehead atoms. The van der Waals surface area contributed by atoms with Crippen molar-refractivity contribution in [3.05, 3.63) is 22.4 Å². The maximum atomic E-state index is 11.8. The van der Waals surface area contributed by atoms with Crippen LogP contribution in [-0.2, 0) is 4.79 Å². The second-order valence-corrected chi connectivity index (χ2v) is 5.11. The Bertz CT molecular complexity index is 332. The predicted octanol–water partition coefficient (Wildman–Crippen LogP) is 1.66. The molecular formula is C11H16N2OS. The zero-order valence-corrected chi connectivity index (χ0v) is 9.59. The lowest BCUT2D eigenvalue weighted by atomic mass is 10.2. The van der Waals surface area contributed by atoms with Crippen molar-refractivity contribution in [3.8, 4) is 0 Å². The minimum Gasteiger partial charge on any atom is -0.352 e. The molecule has 0 aromatic carbocycles. The van der Waals surface area contributed by atoms with E-state index in [9.17, 15) is 4.79 Å². The van der Waals surface area contributed by atoms with Gasteiger partial charge in [-0.05, 0) is 37.1 Å². The molecule has 1 fully saturated rings.